The molecule has 1 rings (SSSR count). The Hall–Kier alpha value is -1.58. The van der Waals surface area contributed by atoms with Gasteiger partial charge in [0.2, 0.25) is 5.91 Å². The Kier molecular flexibility index (Phi) is 3.45. The van der Waals surface area contributed by atoms with Crippen LogP contribution >= 0.6 is 0 Å². The lowest BCUT2D eigenvalue weighted by Crippen LogP contribution is -2.22. The van der Waals surface area contributed by atoms with Crippen molar-refractivity contribution in [3.05, 3.63) is 29.6 Å². The predicted octanol–water partition coefficient (Wildman–Crippen LogP) is 1.21. The molecule has 0 saturated heterocycles. The molecular weight excluding hydrogens is 185 g/mol. The Morgan fingerprint density at radius 1 is 1.50 bits per heavy atom. The number of nitrogens with one attached hydrogen (secondary N) is 1. The molecule has 0 saturated carbocycles. The molecule has 3 nitrogen and oxygen atoms in total. The number of halogens is 1. The van der Waals surface area contributed by atoms with Crippen LogP contribution in [0.15, 0.2) is 18.2 Å². The first-order valence-corrected chi connectivity index (χ1v) is 4.31. The number of hydrogen-bond donors (Lipinski definition) is 2. The average Bonchev–Trinajstić information content (AvgIpc) is 2.01. The van der Waals surface area contributed by atoms with Crippen LogP contribution in [0.1, 0.15) is 12.5 Å². The number of carbonyl (C=O) groups is 1. The van der Waals surface area contributed by atoms with Gasteiger partial charge in [0, 0.05) is 19.5 Å². The number of benzene rings is 1. The molecule has 0 fully saturated rings. The molecule has 1 aromatic carbocycles. The zero-order valence-corrected chi connectivity index (χ0v) is 7.88. The van der Waals surface area contributed by atoms with Crippen molar-refractivity contribution in [1.82, 2.24) is 5.32 Å². The second kappa shape index (κ2) is 4.60. The van der Waals surface area contributed by atoms with Crippen LogP contribution in [0.3, 0.4) is 0 Å². The Balaban J connectivity index is 2.54. The standard InChI is InChI=1S/C10H12FNO2/c1-7(13)12-3-2-8-4-9(11)6-10(14)5-8/h4-6,14H,2-3H2,1H3,(H,12,13). The van der Waals surface area contributed by atoms with Crippen molar-refractivity contribution in [2.75, 3.05) is 6.54 Å². The molecule has 1 aromatic rings. The topological polar surface area (TPSA) is 49.3 Å². The highest BCUT2D eigenvalue weighted by atomic mass is 19.1. The Morgan fingerprint density at radius 2 is 2.21 bits per heavy atom. The summed E-state index contributed by atoms with van der Waals surface area (Å²) >= 11 is 0. The molecule has 0 heterocycles. The van der Waals surface area contributed by atoms with Gasteiger partial charge < -0.3 is 10.4 Å². The number of rotatable bonds is 3. The van der Waals surface area contributed by atoms with Crippen molar-refractivity contribution in [2.45, 2.75) is 13.3 Å². The lowest BCUT2D eigenvalue weighted by molar-refractivity contribution is -0.118. The molecule has 4 heteroatoms. The van der Waals surface area contributed by atoms with Gasteiger partial charge >= 0.3 is 0 Å². The number of phenols is 1. The maximum atomic E-state index is 12.8. The van der Waals surface area contributed by atoms with Crippen molar-refractivity contribution in [3.8, 4) is 5.75 Å². The summed E-state index contributed by atoms with van der Waals surface area (Å²) in [7, 11) is 0. The van der Waals surface area contributed by atoms with E-state index in [0.717, 1.165) is 6.07 Å². The first kappa shape index (κ1) is 10.5. The summed E-state index contributed by atoms with van der Waals surface area (Å²) in [6, 6.07) is 3.86. The fourth-order valence-corrected chi connectivity index (χ4v) is 1.16. The third kappa shape index (κ3) is 3.43. The second-order valence-corrected chi connectivity index (χ2v) is 3.05. The highest BCUT2D eigenvalue weighted by molar-refractivity contribution is 5.72. The molecular formula is C10H12FNO2. The van der Waals surface area contributed by atoms with Crippen molar-refractivity contribution >= 4 is 5.91 Å². The van der Waals surface area contributed by atoms with Crippen LogP contribution in [-0.2, 0) is 11.2 Å². The van der Waals surface area contributed by atoms with Gasteiger partial charge in [-0.2, -0.15) is 0 Å². The van der Waals surface area contributed by atoms with Crippen molar-refractivity contribution in [3.63, 3.8) is 0 Å². The van der Waals surface area contributed by atoms with E-state index in [1.165, 1.54) is 19.1 Å². The SMILES string of the molecule is CC(=O)NCCc1cc(O)cc(F)c1. The van der Waals surface area contributed by atoms with Gasteiger partial charge in [-0.3, -0.25) is 4.79 Å². The van der Waals surface area contributed by atoms with E-state index in [1.807, 2.05) is 0 Å². The quantitative estimate of drug-likeness (QED) is 0.765. The third-order valence-electron chi connectivity index (χ3n) is 1.73. The van der Waals surface area contributed by atoms with E-state index in [-0.39, 0.29) is 11.7 Å². The van der Waals surface area contributed by atoms with E-state index < -0.39 is 5.82 Å². The van der Waals surface area contributed by atoms with E-state index in [4.69, 9.17) is 5.11 Å². The monoisotopic (exact) mass is 197 g/mol. The zero-order chi connectivity index (χ0) is 10.6. The van der Waals surface area contributed by atoms with Gasteiger partial charge in [0.05, 0.1) is 0 Å². The number of carbonyl (C=O) groups excluding carboxylic acids is 1. The fourth-order valence-electron chi connectivity index (χ4n) is 1.16. The molecule has 0 aromatic heterocycles. The molecule has 0 aliphatic rings. The summed E-state index contributed by atoms with van der Waals surface area (Å²) in [6.45, 7) is 1.86. The molecule has 0 aliphatic carbocycles. The van der Waals surface area contributed by atoms with Gasteiger partial charge in [-0.1, -0.05) is 0 Å². The maximum absolute atomic E-state index is 12.8. The minimum atomic E-state index is -0.470. The van der Waals surface area contributed by atoms with Crippen LogP contribution in [0.25, 0.3) is 0 Å². The molecule has 76 valence electrons. The van der Waals surface area contributed by atoms with Gasteiger partial charge in [0.15, 0.2) is 0 Å². The highest BCUT2D eigenvalue weighted by Gasteiger charge is 1.99. The minimum absolute atomic E-state index is 0.0946. The number of phenolic OH excluding ortho intramolecular Hbond substituents is 1. The molecule has 0 spiro atoms. The Labute approximate surface area is 81.6 Å². The number of hydrogen-bond acceptors (Lipinski definition) is 2. The predicted molar refractivity (Wildman–Crippen MR) is 50.5 cm³/mol. The van der Waals surface area contributed by atoms with Gasteiger partial charge in [-0.05, 0) is 24.1 Å². The van der Waals surface area contributed by atoms with Gasteiger partial charge in [-0.25, -0.2) is 4.39 Å². The van der Waals surface area contributed by atoms with Crippen molar-refractivity contribution in [2.24, 2.45) is 0 Å². The van der Waals surface area contributed by atoms with E-state index >= 15 is 0 Å². The molecule has 0 unspecified atom stereocenters. The summed E-state index contributed by atoms with van der Waals surface area (Å²) in [5.41, 5.74) is 0.663. The minimum Gasteiger partial charge on any atom is -0.508 e. The molecule has 1 amide bonds. The highest BCUT2D eigenvalue weighted by Crippen LogP contribution is 2.14. The van der Waals surface area contributed by atoms with E-state index in [1.54, 1.807) is 0 Å². The van der Waals surface area contributed by atoms with Crippen LogP contribution in [0.4, 0.5) is 4.39 Å². The van der Waals surface area contributed by atoms with Crippen molar-refractivity contribution < 1.29 is 14.3 Å². The van der Waals surface area contributed by atoms with Gasteiger partial charge in [-0.15, -0.1) is 0 Å². The largest absolute Gasteiger partial charge is 0.508 e. The van der Waals surface area contributed by atoms with E-state index in [9.17, 15) is 9.18 Å². The first-order valence-electron chi connectivity index (χ1n) is 4.31. The number of amides is 1. The summed E-state index contributed by atoms with van der Waals surface area (Å²) in [6.07, 6.45) is 0.505. The summed E-state index contributed by atoms with van der Waals surface area (Å²) in [5, 5.41) is 11.7. The molecule has 0 radical (unpaired) electrons. The van der Waals surface area contributed by atoms with Crippen LogP contribution < -0.4 is 5.32 Å². The molecule has 0 aliphatic heterocycles. The average molecular weight is 197 g/mol. The Bertz CT molecular complexity index is 319. The lowest BCUT2D eigenvalue weighted by Gasteiger charge is -2.03. The summed E-state index contributed by atoms with van der Waals surface area (Å²) in [4.78, 5) is 10.5. The van der Waals surface area contributed by atoms with E-state index in [2.05, 4.69) is 5.32 Å². The zero-order valence-electron chi connectivity index (χ0n) is 7.88. The van der Waals surface area contributed by atoms with Crippen LogP contribution in [0.5, 0.6) is 5.75 Å². The Morgan fingerprint density at radius 3 is 2.79 bits per heavy atom. The van der Waals surface area contributed by atoms with Crippen LogP contribution in [0.2, 0.25) is 0 Å². The van der Waals surface area contributed by atoms with Gasteiger partial charge in [0.1, 0.15) is 11.6 Å². The van der Waals surface area contributed by atoms with Crippen molar-refractivity contribution in [1.29, 1.82) is 0 Å². The summed E-state index contributed by atoms with van der Waals surface area (Å²) in [5.74, 6) is -0.684. The summed E-state index contributed by atoms with van der Waals surface area (Å²) < 4.78 is 12.8. The van der Waals surface area contributed by atoms with Gasteiger partial charge in [0.25, 0.3) is 0 Å². The second-order valence-electron chi connectivity index (χ2n) is 3.05. The number of aromatic hydroxyl groups is 1. The molecule has 14 heavy (non-hydrogen) atoms. The molecule has 2 N–H and O–H groups in total. The normalized spacial score (nSPS) is 9.86. The lowest BCUT2D eigenvalue weighted by atomic mass is 10.1. The maximum Gasteiger partial charge on any atom is 0.216 e. The molecule has 0 atom stereocenters. The molecule has 0 bridgehead atoms. The third-order valence-corrected chi connectivity index (χ3v) is 1.73. The van der Waals surface area contributed by atoms with E-state index in [0.29, 0.717) is 18.5 Å². The fraction of sp³-hybridized carbons (Fsp3) is 0.300. The smallest absolute Gasteiger partial charge is 0.216 e. The van der Waals surface area contributed by atoms with Crippen LogP contribution in [0, 0.1) is 5.82 Å². The van der Waals surface area contributed by atoms with Crippen LogP contribution in [-0.4, -0.2) is 17.6 Å². The first-order chi connectivity index (χ1) is 6.58.